The van der Waals surface area contributed by atoms with E-state index in [1.165, 1.54) is 11.3 Å². The Labute approximate surface area is 232 Å². The zero-order valence-corrected chi connectivity index (χ0v) is 23.7. The van der Waals surface area contributed by atoms with Crippen molar-refractivity contribution in [3.8, 4) is 0 Å². The van der Waals surface area contributed by atoms with E-state index < -0.39 is 18.1 Å². The van der Waals surface area contributed by atoms with Gasteiger partial charge in [0.1, 0.15) is 6.04 Å². The molecular formula is C27H36ClN5O4S. The smallest absolute Gasteiger partial charge is 0.243 e. The number of halogens is 1. The Morgan fingerprint density at radius 2 is 1.97 bits per heavy atom. The number of nitrogens with two attached hydrogens (primary N) is 1. The molecule has 3 heterocycles. The summed E-state index contributed by atoms with van der Waals surface area (Å²) in [5.41, 5.74) is 6.84. The number of likely N-dealkylation sites (tertiary alicyclic amines) is 1. The van der Waals surface area contributed by atoms with Gasteiger partial charge in [0.05, 0.1) is 22.3 Å². The summed E-state index contributed by atoms with van der Waals surface area (Å²) < 4.78 is 0.882. The number of ketones is 1. The molecule has 3 fully saturated rings. The number of nitrogens with one attached hydrogen (secondary N) is 2. The number of piperidine rings is 1. The third-order valence-corrected chi connectivity index (χ3v) is 9.64. The predicted molar refractivity (Wildman–Crippen MR) is 148 cm³/mol. The van der Waals surface area contributed by atoms with Crippen molar-refractivity contribution in [1.82, 2.24) is 20.5 Å². The quantitative estimate of drug-likeness (QED) is 0.424. The minimum absolute atomic E-state index is 0. The van der Waals surface area contributed by atoms with Crippen LogP contribution in [0.2, 0.25) is 0 Å². The van der Waals surface area contributed by atoms with E-state index in [1.54, 1.807) is 4.90 Å². The standard InChI is InChI=1S/C27H35N5O4S.ClH/c1-13(2)20(28)26(36)32-12-15-19(27(15,3)4)21(32)24(35)30-17(11-14-9-10-29-23(14)34)22(33)25-31-16-7-5-6-8-18(16)37-25;/h5-8,13-15,17,19-21H,9-12,28H2,1-4H3,(H,29,34)(H,30,35);1H/t14-,15-,17-,19-,20-,21-;/m0./s1. The van der Waals surface area contributed by atoms with Gasteiger partial charge in [-0.25, -0.2) is 4.98 Å². The van der Waals surface area contributed by atoms with Gasteiger partial charge in [0.2, 0.25) is 23.5 Å². The van der Waals surface area contributed by atoms with E-state index in [-0.39, 0.29) is 71.4 Å². The Hall–Kier alpha value is -2.56. The van der Waals surface area contributed by atoms with Crippen LogP contribution in [0.25, 0.3) is 10.2 Å². The number of rotatable bonds is 8. The monoisotopic (exact) mass is 561 g/mol. The number of benzene rings is 1. The van der Waals surface area contributed by atoms with Gasteiger partial charge in [-0.3, -0.25) is 19.2 Å². The highest BCUT2D eigenvalue weighted by Crippen LogP contribution is 2.65. The van der Waals surface area contributed by atoms with Crippen molar-refractivity contribution in [2.24, 2.45) is 34.8 Å². The molecule has 1 aromatic heterocycles. The van der Waals surface area contributed by atoms with Gasteiger partial charge in [-0.15, -0.1) is 23.7 Å². The molecule has 38 heavy (non-hydrogen) atoms. The van der Waals surface area contributed by atoms with Gasteiger partial charge in [0.15, 0.2) is 5.01 Å². The van der Waals surface area contributed by atoms with Crippen LogP contribution in [0.15, 0.2) is 24.3 Å². The first-order chi connectivity index (χ1) is 17.5. The van der Waals surface area contributed by atoms with Crippen molar-refractivity contribution in [3.63, 3.8) is 0 Å². The number of aromatic nitrogens is 1. The second kappa shape index (κ2) is 10.5. The van der Waals surface area contributed by atoms with Crippen LogP contribution in [0.5, 0.6) is 0 Å². The van der Waals surface area contributed by atoms with Gasteiger partial charge in [-0.05, 0) is 48.1 Å². The summed E-state index contributed by atoms with van der Waals surface area (Å²) in [7, 11) is 0. The fraction of sp³-hybridized carbons (Fsp3) is 0.593. The number of thiazole rings is 1. The van der Waals surface area contributed by atoms with E-state index in [9.17, 15) is 19.2 Å². The van der Waals surface area contributed by atoms with Crippen LogP contribution in [0.1, 0.15) is 50.3 Å². The fourth-order valence-electron chi connectivity index (χ4n) is 6.06. The van der Waals surface area contributed by atoms with Crippen LogP contribution >= 0.6 is 23.7 Å². The van der Waals surface area contributed by atoms with E-state index in [0.717, 1.165) is 10.2 Å². The number of fused-ring (bicyclic) bond motifs is 2. The third-order valence-electron chi connectivity index (χ3n) is 8.58. The Bertz CT molecular complexity index is 1230. The predicted octanol–water partition coefficient (Wildman–Crippen LogP) is 2.38. The highest BCUT2D eigenvalue weighted by atomic mass is 35.5. The summed E-state index contributed by atoms with van der Waals surface area (Å²) in [6, 6.07) is 5.18. The van der Waals surface area contributed by atoms with Crippen molar-refractivity contribution >= 4 is 57.5 Å². The fourth-order valence-corrected chi connectivity index (χ4v) is 7.02. The normalized spacial score (nSPS) is 26.9. The number of hydrogen-bond donors (Lipinski definition) is 3. The summed E-state index contributed by atoms with van der Waals surface area (Å²) in [6.07, 6.45) is 0.795. The van der Waals surface area contributed by atoms with E-state index in [4.69, 9.17) is 5.73 Å². The molecule has 11 heteroatoms. The average molecular weight is 562 g/mol. The lowest BCUT2D eigenvalue weighted by molar-refractivity contribution is -0.142. The molecule has 2 saturated heterocycles. The number of amides is 3. The van der Waals surface area contributed by atoms with Crippen molar-refractivity contribution < 1.29 is 19.2 Å². The third kappa shape index (κ3) is 4.94. The van der Waals surface area contributed by atoms with Crippen LogP contribution < -0.4 is 16.4 Å². The van der Waals surface area contributed by atoms with Gasteiger partial charge >= 0.3 is 0 Å². The lowest BCUT2D eigenvalue weighted by Gasteiger charge is -2.33. The maximum absolute atomic E-state index is 13.8. The molecule has 0 spiro atoms. The van der Waals surface area contributed by atoms with E-state index in [0.29, 0.717) is 24.5 Å². The van der Waals surface area contributed by atoms with Gasteiger partial charge in [-0.1, -0.05) is 39.8 Å². The van der Waals surface area contributed by atoms with E-state index in [2.05, 4.69) is 29.5 Å². The zero-order valence-electron chi connectivity index (χ0n) is 22.1. The van der Waals surface area contributed by atoms with Gasteiger partial charge in [0.25, 0.3) is 0 Å². The SMILES string of the molecule is CC(C)[C@H](N)C(=O)N1C[C@H]2[C@@H]([C@H]1C(=O)N[C@@H](C[C@@H]1CCNC1=O)C(=O)c1nc3ccccc3s1)C2(C)C.Cl. The minimum atomic E-state index is -0.918. The Balaban J connectivity index is 0.00000336. The lowest BCUT2D eigenvalue weighted by atomic mass is 9.94. The molecule has 5 rings (SSSR count). The maximum Gasteiger partial charge on any atom is 0.243 e. The van der Waals surface area contributed by atoms with Gasteiger partial charge < -0.3 is 21.3 Å². The van der Waals surface area contributed by atoms with E-state index in [1.807, 2.05) is 38.1 Å². The number of hydrogen-bond acceptors (Lipinski definition) is 7. The molecule has 2 aliphatic heterocycles. The molecule has 6 atom stereocenters. The van der Waals surface area contributed by atoms with Gasteiger partial charge in [0, 0.05) is 19.0 Å². The molecular weight excluding hydrogens is 526 g/mol. The summed E-state index contributed by atoms with van der Waals surface area (Å²) in [5, 5.41) is 6.07. The molecule has 1 aromatic carbocycles. The number of carbonyl (C=O) groups excluding carboxylic acids is 4. The molecule has 1 aliphatic carbocycles. The summed E-state index contributed by atoms with van der Waals surface area (Å²) in [5.74, 6) is -1.23. The topological polar surface area (TPSA) is 134 Å². The van der Waals surface area contributed by atoms with Crippen LogP contribution in [-0.4, -0.2) is 64.6 Å². The molecule has 3 aliphatic rings. The molecule has 0 radical (unpaired) electrons. The van der Waals surface area contributed by atoms with E-state index >= 15 is 0 Å². The molecule has 4 N–H and O–H groups in total. The van der Waals surface area contributed by atoms with Crippen molar-refractivity contribution in [1.29, 1.82) is 0 Å². The van der Waals surface area contributed by atoms with Crippen LogP contribution in [-0.2, 0) is 14.4 Å². The van der Waals surface area contributed by atoms with Crippen LogP contribution in [0.3, 0.4) is 0 Å². The lowest BCUT2D eigenvalue weighted by Crippen LogP contribution is -2.57. The van der Waals surface area contributed by atoms with Crippen molar-refractivity contribution in [3.05, 3.63) is 29.3 Å². The second-order valence-corrected chi connectivity index (χ2v) is 12.6. The summed E-state index contributed by atoms with van der Waals surface area (Å²) >= 11 is 1.28. The molecule has 206 valence electrons. The average Bonchev–Trinajstić information content (AvgIpc) is 3.38. The highest BCUT2D eigenvalue weighted by Gasteiger charge is 2.69. The summed E-state index contributed by atoms with van der Waals surface area (Å²) in [6.45, 7) is 9.03. The Morgan fingerprint density at radius 3 is 2.61 bits per heavy atom. The maximum atomic E-state index is 13.8. The van der Waals surface area contributed by atoms with Gasteiger partial charge in [-0.2, -0.15) is 0 Å². The number of nitrogens with zero attached hydrogens (tertiary/aromatic N) is 2. The number of Topliss-reactive ketones (excluding diaryl/α,β-unsaturated/α-hetero) is 1. The largest absolute Gasteiger partial charge is 0.356 e. The van der Waals surface area contributed by atoms with Crippen LogP contribution in [0.4, 0.5) is 0 Å². The van der Waals surface area contributed by atoms with Crippen LogP contribution in [0, 0.1) is 29.1 Å². The molecule has 3 amide bonds. The molecule has 9 nitrogen and oxygen atoms in total. The number of carbonyl (C=O) groups is 4. The number of para-hydroxylation sites is 1. The zero-order chi connectivity index (χ0) is 26.6. The highest BCUT2D eigenvalue weighted by molar-refractivity contribution is 7.20. The van der Waals surface area contributed by atoms with Crippen molar-refractivity contribution in [2.45, 2.75) is 58.7 Å². The van der Waals surface area contributed by atoms with Crippen molar-refractivity contribution in [2.75, 3.05) is 13.1 Å². The molecule has 0 bridgehead atoms. The second-order valence-electron chi connectivity index (χ2n) is 11.6. The first-order valence-electron chi connectivity index (χ1n) is 13.0. The minimum Gasteiger partial charge on any atom is -0.356 e. The Morgan fingerprint density at radius 1 is 1.26 bits per heavy atom. The first kappa shape index (κ1) is 28.4. The first-order valence-corrected chi connectivity index (χ1v) is 13.9. The summed E-state index contributed by atoms with van der Waals surface area (Å²) in [4.78, 5) is 59.2. The molecule has 1 saturated carbocycles. The molecule has 2 aromatic rings. The Kier molecular flexibility index (Phi) is 7.89. The molecule has 0 unspecified atom stereocenters.